The molecule has 3 aromatic rings. The van der Waals surface area contributed by atoms with E-state index in [9.17, 15) is 4.39 Å². The summed E-state index contributed by atoms with van der Waals surface area (Å²) in [6, 6.07) is 7.35. The van der Waals surface area contributed by atoms with Crippen molar-refractivity contribution >= 4 is 16.7 Å². The van der Waals surface area contributed by atoms with E-state index in [4.69, 9.17) is 0 Å². The van der Waals surface area contributed by atoms with E-state index in [0.717, 1.165) is 5.56 Å². The van der Waals surface area contributed by atoms with Crippen LogP contribution in [-0.2, 0) is 0 Å². The summed E-state index contributed by atoms with van der Waals surface area (Å²) >= 11 is 0. The van der Waals surface area contributed by atoms with Crippen molar-refractivity contribution in [2.24, 2.45) is 0 Å². The first-order valence-corrected chi connectivity index (χ1v) is 6.74. The van der Waals surface area contributed by atoms with Crippen LogP contribution in [0, 0.1) is 12.7 Å². The van der Waals surface area contributed by atoms with Crippen LogP contribution in [0.15, 0.2) is 42.9 Å². The van der Waals surface area contributed by atoms with E-state index in [0.29, 0.717) is 22.4 Å². The first-order chi connectivity index (χ1) is 10.2. The first-order valence-electron chi connectivity index (χ1n) is 6.74. The molecule has 0 aliphatic carbocycles. The molecule has 0 fully saturated rings. The number of nitrogens with zero attached hydrogens (tertiary/aromatic N) is 3. The molecule has 3 aromatic heterocycles. The average molecular weight is 282 g/mol. The van der Waals surface area contributed by atoms with Gasteiger partial charge in [0.05, 0.1) is 17.3 Å². The molecule has 0 unspecified atom stereocenters. The summed E-state index contributed by atoms with van der Waals surface area (Å²) in [5.74, 6) is -0.364. The number of hydrogen-bond donors (Lipinski definition) is 1. The number of pyridine rings is 3. The number of hydrogen-bond acceptors (Lipinski definition) is 4. The highest BCUT2D eigenvalue weighted by Gasteiger charge is 2.16. The SMILES string of the molecule is Cc1nc2cccnc2c(N[C@H](C)c2cccnc2)c1F. The summed E-state index contributed by atoms with van der Waals surface area (Å²) in [7, 11) is 0. The lowest BCUT2D eigenvalue weighted by atomic mass is 10.1. The molecule has 4 nitrogen and oxygen atoms in total. The van der Waals surface area contributed by atoms with Gasteiger partial charge in [-0.15, -0.1) is 0 Å². The predicted octanol–water partition coefficient (Wildman–Crippen LogP) is 3.65. The van der Waals surface area contributed by atoms with E-state index in [-0.39, 0.29) is 11.9 Å². The van der Waals surface area contributed by atoms with Gasteiger partial charge in [0.1, 0.15) is 11.2 Å². The van der Waals surface area contributed by atoms with Crippen LogP contribution in [0.3, 0.4) is 0 Å². The van der Waals surface area contributed by atoms with Gasteiger partial charge in [-0.3, -0.25) is 9.97 Å². The van der Waals surface area contributed by atoms with Crippen LogP contribution in [0.5, 0.6) is 0 Å². The molecule has 0 radical (unpaired) electrons. The minimum atomic E-state index is -0.364. The van der Waals surface area contributed by atoms with Crippen molar-refractivity contribution in [3.63, 3.8) is 0 Å². The number of halogens is 1. The molecule has 0 amide bonds. The monoisotopic (exact) mass is 282 g/mol. The van der Waals surface area contributed by atoms with Gasteiger partial charge in [-0.05, 0) is 37.6 Å². The van der Waals surface area contributed by atoms with Gasteiger partial charge in [0.15, 0.2) is 5.82 Å². The van der Waals surface area contributed by atoms with Crippen molar-refractivity contribution in [2.45, 2.75) is 19.9 Å². The quantitative estimate of drug-likeness (QED) is 0.796. The lowest BCUT2D eigenvalue weighted by molar-refractivity contribution is 0.612. The third-order valence-corrected chi connectivity index (χ3v) is 3.39. The van der Waals surface area contributed by atoms with Gasteiger partial charge < -0.3 is 5.32 Å². The van der Waals surface area contributed by atoms with Gasteiger partial charge in [-0.2, -0.15) is 0 Å². The molecule has 0 aliphatic heterocycles. The summed E-state index contributed by atoms with van der Waals surface area (Å²) in [6.45, 7) is 3.61. The van der Waals surface area contributed by atoms with E-state index >= 15 is 0 Å². The number of aromatic nitrogens is 3. The topological polar surface area (TPSA) is 50.7 Å². The number of rotatable bonds is 3. The molecule has 1 N–H and O–H groups in total. The molecule has 21 heavy (non-hydrogen) atoms. The van der Waals surface area contributed by atoms with Crippen molar-refractivity contribution in [2.75, 3.05) is 5.32 Å². The maximum atomic E-state index is 14.4. The fraction of sp³-hybridized carbons (Fsp3) is 0.188. The van der Waals surface area contributed by atoms with Crippen LogP contribution in [0.4, 0.5) is 10.1 Å². The molecule has 0 bridgehead atoms. The van der Waals surface area contributed by atoms with E-state index in [2.05, 4.69) is 20.3 Å². The van der Waals surface area contributed by atoms with E-state index < -0.39 is 0 Å². The highest BCUT2D eigenvalue weighted by atomic mass is 19.1. The molecule has 0 saturated heterocycles. The summed E-state index contributed by atoms with van der Waals surface area (Å²) in [4.78, 5) is 12.6. The summed E-state index contributed by atoms with van der Waals surface area (Å²) in [5.41, 5.74) is 2.94. The molecule has 3 rings (SSSR count). The second-order valence-electron chi connectivity index (χ2n) is 4.91. The fourth-order valence-electron chi connectivity index (χ4n) is 2.26. The molecule has 3 heterocycles. The van der Waals surface area contributed by atoms with Crippen molar-refractivity contribution in [1.29, 1.82) is 0 Å². The minimum absolute atomic E-state index is 0.0831. The Morgan fingerprint density at radius 1 is 1.19 bits per heavy atom. The maximum absolute atomic E-state index is 14.4. The Balaban J connectivity index is 2.06. The smallest absolute Gasteiger partial charge is 0.169 e. The third kappa shape index (κ3) is 2.54. The minimum Gasteiger partial charge on any atom is -0.374 e. The third-order valence-electron chi connectivity index (χ3n) is 3.39. The van der Waals surface area contributed by atoms with Gasteiger partial charge >= 0.3 is 0 Å². The highest BCUT2D eigenvalue weighted by Crippen LogP contribution is 2.28. The standard InChI is InChI=1S/C16H15FN4/c1-10(12-5-3-7-18-9-12)21-16-14(17)11(2)20-13-6-4-8-19-15(13)16/h3-10H,1-2H3,(H,20,21)/t10-/m1/s1. The van der Waals surface area contributed by atoms with Crippen LogP contribution in [0.2, 0.25) is 0 Å². The molecule has 0 aliphatic rings. The largest absolute Gasteiger partial charge is 0.374 e. The summed E-state index contributed by atoms with van der Waals surface area (Å²) in [5, 5.41) is 3.19. The van der Waals surface area contributed by atoms with Gasteiger partial charge in [0.25, 0.3) is 0 Å². The molecule has 0 spiro atoms. The molecular weight excluding hydrogens is 267 g/mol. The van der Waals surface area contributed by atoms with Crippen LogP contribution in [-0.4, -0.2) is 15.0 Å². The van der Waals surface area contributed by atoms with Crippen molar-refractivity contribution in [1.82, 2.24) is 15.0 Å². The lowest BCUT2D eigenvalue weighted by Crippen LogP contribution is -2.10. The van der Waals surface area contributed by atoms with E-state index in [1.807, 2.05) is 25.1 Å². The van der Waals surface area contributed by atoms with Gasteiger partial charge in [-0.25, -0.2) is 9.37 Å². The fourth-order valence-corrected chi connectivity index (χ4v) is 2.26. The molecule has 1 atom stereocenters. The molecule has 5 heteroatoms. The van der Waals surface area contributed by atoms with Crippen LogP contribution >= 0.6 is 0 Å². The number of nitrogens with one attached hydrogen (secondary N) is 1. The zero-order valence-electron chi connectivity index (χ0n) is 11.8. The van der Waals surface area contributed by atoms with Gasteiger partial charge in [-0.1, -0.05) is 6.07 Å². The number of anilines is 1. The Morgan fingerprint density at radius 2 is 2.00 bits per heavy atom. The zero-order valence-corrected chi connectivity index (χ0v) is 11.8. The van der Waals surface area contributed by atoms with E-state index in [1.54, 1.807) is 31.6 Å². The Kier molecular flexibility index (Phi) is 3.48. The van der Waals surface area contributed by atoms with Crippen LogP contribution in [0.25, 0.3) is 11.0 Å². The molecular formula is C16H15FN4. The maximum Gasteiger partial charge on any atom is 0.169 e. The summed E-state index contributed by atoms with van der Waals surface area (Å²) < 4.78 is 14.4. The highest BCUT2D eigenvalue weighted by molar-refractivity contribution is 5.88. The second kappa shape index (κ2) is 5.44. The molecule has 106 valence electrons. The van der Waals surface area contributed by atoms with Gasteiger partial charge in [0.2, 0.25) is 0 Å². The van der Waals surface area contributed by atoms with Crippen LogP contribution < -0.4 is 5.32 Å². The van der Waals surface area contributed by atoms with Gasteiger partial charge in [0, 0.05) is 18.6 Å². The van der Waals surface area contributed by atoms with Crippen molar-refractivity contribution < 1.29 is 4.39 Å². The van der Waals surface area contributed by atoms with Crippen LogP contribution in [0.1, 0.15) is 24.2 Å². The van der Waals surface area contributed by atoms with Crippen molar-refractivity contribution in [3.05, 3.63) is 59.9 Å². The number of aryl methyl sites for hydroxylation is 1. The normalized spacial score (nSPS) is 12.3. The zero-order chi connectivity index (χ0) is 14.8. The molecule has 0 aromatic carbocycles. The Bertz CT molecular complexity index is 774. The first kappa shape index (κ1) is 13.4. The summed E-state index contributed by atoms with van der Waals surface area (Å²) in [6.07, 6.45) is 5.11. The van der Waals surface area contributed by atoms with Crippen molar-refractivity contribution in [3.8, 4) is 0 Å². The molecule has 0 saturated carbocycles. The Morgan fingerprint density at radius 3 is 2.76 bits per heavy atom. The Hall–Kier alpha value is -2.56. The average Bonchev–Trinajstić information content (AvgIpc) is 2.52. The second-order valence-corrected chi connectivity index (χ2v) is 4.91. The predicted molar refractivity (Wildman–Crippen MR) is 80.5 cm³/mol. The lowest BCUT2D eigenvalue weighted by Gasteiger charge is -2.17. The van der Waals surface area contributed by atoms with E-state index in [1.165, 1.54) is 0 Å². The number of fused-ring (bicyclic) bond motifs is 1. The Labute approximate surface area is 122 Å².